The zero-order valence-electron chi connectivity index (χ0n) is 9.49. The lowest BCUT2D eigenvalue weighted by atomic mass is 10.1. The maximum absolute atomic E-state index is 12.1. The van der Waals surface area contributed by atoms with Crippen molar-refractivity contribution in [2.24, 2.45) is 0 Å². The molecule has 0 atom stereocenters. The smallest absolute Gasteiger partial charge is 0.228 e. The molecule has 0 saturated heterocycles. The van der Waals surface area contributed by atoms with E-state index in [0.717, 1.165) is 5.56 Å². The van der Waals surface area contributed by atoms with E-state index in [1.165, 1.54) is 0 Å². The van der Waals surface area contributed by atoms with Crippen molar-refractivity contribution < 1.29 is 13.9 Å². The molecule has 2 aromatic rings. The molecule has 2 rings (SSSR count). The average molecular weight is 295 g/mol. The molecule has 4 heteroatoms. The van der Waals surface area contributed by atoms with Gasteiger partial charge in [-0.05, 0) is 46.6 Å². The van der Waals surface area contributed by atoms with Crippen molar-refractivity contribution in [3.63, 3.8) is 0 Å². The van der Waals surface area contributed by atoms with Gasteiger partial charge in [0.25, 0.3) is 0 Å². The Morgan fingerprint density at radius 3 is 2.65 bits per heavy atom. The maximum atomic E-state index is 12.1. The normalized spacial score (nSPS) is 10.3. The number of ether oxygens (including phenoxy) is 1. The van der Waals surface area contributed by atoms with Crippen molar-refractivity contribution in [1.29, 1.82) is 0 Å². The Morgan fingerprint density at radius 1 is 1.29 bits per heavy atom. The van der Waals surface area contributed by atoms with Crippen LogP contribution < -0.4 is 4.74 Å². The Balaban J connectivity index is 2.37. The molecule has 0 fully saturated rings. The van der Waals surface area contributed by atoms with Crippen LogP contribution in [0.3, 0.4) is 0 Å². The van der Waals surface area contributed by atoms with E-state index in [1.807, 2.05) is 13.0 Å². The quantitative estimate of drug-likeness (QED) is 0.812. The summed E-state index contributed by atoms with van der Waals surface area (Å²) < 4.78 is 11.0. The van der Waals surface area contributed by atoms with E-state index < -0.39 is 0 Å². The van der Waals surface area contributed by atoms with Crippen molar-refractivity contribution in [3.8, 4) is 5.75 Å². The minimum atomic E-state index is -0.158. The molecule has 1 aromatic heterocycles. The Labute approximate surface area is 108 Å². The standard InChI is InChI=1S/C13H11BrO3/c1-8-3-4-9(7-11(8)16-2)13(15)10-5-6-12(14)17-10/h3-7H,1-2H3. The Morgan fingerprint density at radius 2 is 2.06 bits per heavy atom. The molecule has 1 aromatic carbocycles. The first-order valence-electron chi connectivity index (χ1n) is 5.06. The van der Waals surface area contributed by atoms with E-state index in [9.17, 15) is 4.79 Å². The largest absolute Gasteiger partial charge is 0.496 e. The third kappa shape index (κ3) is 2.42. The minimum Gasteiger partial charge on any atom is -0.496 e. The first kappa shape index (κ1) is 11.9. The number of carbonyl (C=O) groups is 1. The highest BCUT2D eigenvalue weighted by Crippen LogP contribution is 2.22. The van der Waals surface area contributed by atoms with Crippen LogP contribution in [0.5, 0.6) is 5.75 Å². The van der Waals surface area contributed by atoms with Gasteiger partial charge in [0.2, 0.25) is 5.78 Å². The summed E-state index contributed by atoms with van der Waals surface area (Å²) in [6, 6.07) is 8.66. The average Bonchev–Trinajstić information content (AvgIpc) is 2.75. The van der Waals surface area contributed by atoms with E-state index >= 15 is 0 Å². The number of benzene rings is 1. The highest BCUT2D eigenvalue weighted by molar-refractivity contribution is 9.10. The van der Waals surface area contributed by atoms with Gasteiger partial charge in [-0.1, -0.05) is 12.1 Å². The third-order valence-corrected chi connectivity index (χ3v) is 2.89. The van der Waals surface area contributed by atoms with Crippen LogP contribution in [0.4, 0.5) is 0 Å². The first-order valence-corrected chi connectivity index (χ1v) is 5.86. The van der Waals surface area contributed by atoms with Gasteiger partial charge in [0.05, 0.1) is 7.11 Å². The summed E-state index contributed by atoms with van der Waals surface area (Å²) in [6.45, 7) is 1.93. The second kappa shape index (κ2) is 4.75. The number of aryl methyl sites for hydroxylation is 1. The molecule has 0 unspecified atom stereocenters. The van der Waals surface area contributed by atoms with Gasteiger partial charge >= 0.3 is 0 Å². The van der Waals surface area contributed by atoms with Crippen molar-refractivity contribution in [3.05, 3.63) is 51.9 Å². The molecule has 17 heavy (non-hydrogen) atoms. The Bertz CT molecular complexity index is 558. The van der Waals surface area contributed by atoms with Crippen LogP contribution in [0.15, 0.2) is 39.4 Å². The maximum Gasteiger partial charge on any atom is 0.228 e. The molecule has 0 aliphatic heterocycles. The number of hydrogen-bond donors (Lipinski definition) is 0. The van der Waals surface area contributed by atoms with Crippen molar-refractivity contribution in [1.82, 2.24) is 0 Å². The van der Waals surface area contributed by atoms with Crippen LogP contribution >= 0.6 is 15.9 Å². The second-order valence-corrected chi connectivity index (χ2v) is 4.40. The van der Waals surface area contributed by atoms with Gasteiger partial charge in [-0.25, -0.2) is 0 Å². The third-order valence-electron chi connectivity index (χ3n) is 2.47. The molecule has 88 valence electrons. The van der Waals surface area contributed by atoms with E-state index in [2.05, 4.69) is 15.9 Å². The summed E-state index contributed by atoms with van der Waals surface area (Å²) in [4.78, 5) is 12.1. The summed E-state index contributed by atoms with van der Waals surface area (Å²) in [6.07, 6.45) is 0. The molecular weight excluding hydrogens is 284 g/mol. The van der Waals surface area contributed by atoms with E-state index in [0.29, 0.717) is 21.7 Å². The minimum absolute atomic E-state index is 0.158. The summed E-state index contributed by atoms with van der Waals surface area (Å²) in [5.41, 5.74) is 1.54. The number of furan rings is 1. The summed E-state index contributed by atoms with van der Waals surface area (Å²) >= 11 is 3.17. The van der Waals surface area contributed by atoms with Gasteiger partial charge < -0.3 is 9.15 Å². The van der Waals surface area contributed by atoms with Gasteiger partial charge in [0, 0.05) is 5.56 Å². The Hall–Kier alpha value is -1.55. The monoisotopic (exact) mass is 294 g/mol. The van der Waals surface area contributed by atoms with Crippen LogP contribution in [-0.4, -0.2) is 12.9 Å². The number of carbonyl (C=O) groups excluding carboxylic acids is 1. The lowest BCUT2D eigenvalue weighted by molar-refractivity contribution is 0.101. The van der Waals surface area contributed by atoms with Crippen molar-refractivity contribution >= 4 is 21.7 Å². The van der Waals surface area contributed by atoms with Crippen LogP contribution in [0.2, 0.25) is 0 Å². The second-order valence-electron chi connectivity index (χ2n) is 3.62. The lowest BCUT2D eigenvalue weighted by Gasteiger charge is -2.05. The molecule has 0 aliphatic carbocycles. The summed E-state index contributed by atoms with van der Waals surface area (Å²) in [7, 11) is 1.58. The first-order chi connectivity index (χ1) is 8.11. The van der Waals surface area contributed by atoms with Crippen molar-refractivity contribution in [2.45, 2.75) is 6.92 Å². The fraction of sp³-hybridized carbons (Fsp3) is 0.154. The van der Waals surface area contributed by atoms with E-state index in [-0.39, 0.29) is 5.78 Å². The fourth-order valence-corrected chi connectivity index (χ4v) is 1.85. The highest BCUT2D eigenvalue weighted by atomic mass is 79.9. The van der Waals surface area contributed by atoms with E-state index in [4.69, 9.17) is 9.15 Å². The molecule has 0 amide bonds. The number of methoxy groups -OCH3 is 1. The topological polar surface area (TPSA) is 39.4 Å². The lowest BCUT2D eigenvalue weighted by Crippen LogP contribution is -2.00. The number of hydrogen-bond acceptors (Lipinski definition) is 3. The molecule has 0 bridgehead atoms. The fourth-order valence-electron chi connectivity index (χ4n) is 1.54. The van der Waals surface area contributed by atoms with Gasteiger partial charge in [0.15, 0.2) is 10.4 Å². The predicted molar refractivity (Wildman–Crippen MR) is 67.6 cm³/mol. The van der Waals surface area contributed by atoms with Crippen LogP contribution in [-0.2, 0) is 0 Å². The molecular formula is C13H11BrO3. The van der Waals surface area contributed by atoms with Crippen LogP contribution in [0.1, 0.15) is 21.7 Å². The molecule has 0 radical (unpaired) electrons. The van der Waals surface area contributed by atoms with Gasteiger partial charge in [-0.15, -0.1) is 0 Å². The summed E-state index contributed by atoms with van der Waals surface area (Å²) in [5.74, 6) is 0.846. The Kier molecular flexibility index (Phi) is 3.33. The molecule has 0 aliphatic rings. The van der Waals surface area contributed by atoms with E-state index in [1.54, 1.807) is 31.4 Å². The molecule has 0 spiro atoms. The molecule has 1 heterocycles. The number of halogens is 1. The number of rotatable bonds is 3. The zero-order chi connectivity index (χ0) is 12.4. The van der Waals surface area contributed by atoms with Gasteiger partial charge in [-0.3, -0.25) is 4.79 Å². The van der Waals surface area contributed by atoms with Crippen LogP contribution in [0.25, 0.3) is 0 Å². The number of ketones is 1. The zero-order valence-corrected chi connectivity index (χ0v) is 11.1. The van der Waals surface area contributed by atoms with Gasteiger partial charge in [0.1, 0.15) is 5.75 Å². The van der Waals surface area contributed by atoms with Crippen molar-refractivity contribution in [2.75, 3.05) is 7.11 Å². The van der Waals surface area contributed by atoms with Gasteiger partial charge in [-0.2, -0.15) is 0 Å². The summed E-state index contributed by atoms with van der Waals surface area (Å²) in [5, 5.41) is 0. The van der Waals surface area contributed by atoms with Crippen LogP contribution in [0, 0.1) is 6.92 Å². The molecule has 3 nitrogen and oxygen atoms in total. The highest BCUT2D eigenvalue weighted by Gasteiger charge is 2.14. The molecule has 0 N–H and O–H groups in total. The molecule has 0 saturated carbocycles. The predicted octanol–water partition coefficient (Wildman–Crippen LogP) is 3.59. The SMILES string of the molecule is COc1cc(C(=O)c2ccc(Br)o2)ccc1C.